The van der Waals surface area contributed by atoms with Crippen molar-refractivity contribution in [3.05, 3.63) is 34.9 Å². The fourth-order valence-corrected chi connectivity index (χ4v) is 2.28. The highest BCUT2D eigenvalue weighted by Gasteiger charge is 2.27. The van der Waals surface area contributed by atoms with E-state index in [1.54, 1.807) is 0 Å². The molecule has 1 unspecified atom stereocenters. The van der Waals surface area contributed by atoms with Crippen LogP contribution in [-0.2, 0) is 10.4 Å². The fraction of sp³-hybridized carbons (Fsp3) is 0.571. The SMILES string of the molecule is [B]C([B])(C)c1cccc(C([B])(C)[B]C)c1C(C)C. The van der Waals surface area contributed by atoms with Gasteiger partial charge in [0.15, 0.2) is 0 Å². The summed E-state index contributed by atoms with van der Waals surface area (Å²) < 4.78 is 0. The maximum Gasteiger partial charge on any atom is 0.108 e. The molecule has 0 amide bonds. The molecule has 0 saturated carbocycles. The molecule has 0 bridgehead atoms. The van der Waals surface area contributed by atoms with Gasteiger partial charge in [-0.3, -0.25) is 0 Å². The third kappa shape index (κ3) is 3.08. The van der Waals surface area contributed by atoms with E-state index in [1.807, 2.05) is 40.1 Å². The lowest BCUT2D eigenvalue weighted by Crippen LogP contribution is -2.32. The molecular weight excluding hydrogens is 211 g/mol. The Morgan fingerprint density at radius 3 is 1.94 bits per heavy atom. The van der Waals surface area contributed by atoms with Crippen LogP contribution in [0.5, 0.6) is 0 Å². The predicted octanol–water partition coefficient (Wildman–Crippen LogP) is 2.41. The zero-order valence-corrected chi connectivity index (χ0v) is 12.1. The summed E-state index contributed by atoms with van der Waals surface area (Å²) in [7, 11) is 20.5. The van der Waals surface area contributed by atoms with Crippen molar-refractivity contribution in [2.45, 2.75) is 50.9 Å². The Morgan fingerprint density at radius 1 is 1.06 bits per heavy atom. The summed E-state index contributed by atoms with van der Waals surface area (Å²) in [5.74, 6) is 0.324. The second-order valence-corrected chi connectivity index (χ2v) is 5.78. The lowest BCUT2D eigenvalue weighted by Gasteiger charge is -2.34. The van der Waals surface area contributed by atoms with Crippen molar-refractivity contribution < 1.29 is 0 Å². The minimum atomic E-state index is -0.848. The molecule has 1 aromatic carbocycles. The van der Waals surface area contributed by atoms with Crippen LogP contribution in [0, 0.1) is 0 Å². The third-order valence-corrected chi connectivity index (χ3v) is 3.44. The Bertz CT molecular complexity index is 416. The Kier molecular flexibility index (Phi) is 4.51. The molecule has 0 nitrogen and oxygen atoms in total. The first-order valence-electron chi connectivity index (χ1n) is 6.42. The summed E-state index contributed by atoms with van der Waals surface area (Å²) in [6.07, 6.45) is 0. The molecule has 4 heteroatoms. The number of rotatable bonds is 4. The molecule has 0 heterocycles. The van der Waals surface area contributed by atoms with E-state index in [1.165, 1.54) is 0 Å². The molecule has 0 aliphatic heterocycles. The first kappa shape index (κ1) is 15.5. The standard InChI is InChI=1S/C14H19B4/c1-9(2)12-10(13(3,15)16)7-6-8-11(12)14(4,17)18-5/h6-9H,1-5H3. The van der Waals surface area contributed by atoms with Crippen LogP contribution in [0.3, 0.4) is 0 Å². The molecule has 0 aliphatic rings. The van der Waals surface area contributed by atoms with Crippen molar-refractivity contribution >= 4 is 30.8 Å². The highest BCUT2D eigenvalue weighted by atomic mass is 14.2. The second kappa shape index (κ2) is 5.23. The average molecular weight is 231 g/mol. The van der Waals surface area contributed by atoms with Crippen LogP contribution in [0.15, 0.2) is 18.2 Å². The summed E-state index contributed by atoms with van der Waals surface area (Å²) >= 11 is 0. The van der Waals surface area contributed by atoms with E-state index in [-0.39, 0.29) is 0 Å². The summed E-state index contributed by atoms with van der Waals surface area (Å²) in [6, 6.07) is 6.03. The minimum absolute atomic E-state index is 0.324. The van der Waals surface area contributed by atoms with E-state index in [0.717, 1.165) is 16.7 Å². The minimum Gasteiger partial charge on any atom is -0.0919 e. The topological polar surface area (TPSA) is 0 Å². The van der Waals surface area contributed by atoms with Gasteiger partial charge in [-0.05, 0) is 11.5 Å². The first-order chi connectivity index (χ1) is 8.11. The van der Waals surface area contributed by atoms with Crippen molar-refractivity contribution in [1.29, 1.82) is 0 Å². The van der Waals surface area contributed by atoms with Crippen molar-refractivity contribution in [3.63, 3.8) is 0 Å². The molecule has 0 N–H and O–H groups in total. The number of hydrogen-bond acceptors (Lipinski definition) is 0. The molecule has 7 radical (unpaired) electrons. The number of hydrogen-bond donors (Lipinski definition) is 0. The molecule has 1 atom stereocenters. The van der Waals surface area contributed by atoms with Gasteiger partial charge in [0.2, 0.25) is 0 Å². The second-order valence-electron chi connectivity index (χ2n) is 5.78. The molecule has 18 heavy (non-hydrogen) atoms. The maximum absolute atomic E-state index is 6.35. The summed E-state index contributed by atoms with van der Waals surface area (Å²) in [6.45, 7) is 10.1. The Labute approximate surface area is 117 Å². The zero-order valence-electron chi connectivity index (χ0n) is 12.1. The predicted molar refractivity (Wildman–Crippen MR) is 84.1 cm³/mol. The van der Waals surface area contributed by atoms with Gasteiger partial charge in [0.1, 0.15) is 7.28 Å². The van der Waals surface area contributed by atoms with Gasteiger partial charge in [-0.1, -0.05) is 74.3 Å². The third-order valence-electron chi connectivity index (χ3n) is 3.44. The average Bonchev–Trinajstić information content (AvgIpc) is 2.26. The van der Waals surface area contributed by atoms with Gasteiger partial charge < -0.3 is 0 Å². The van der Waals surface area contributed by atoms with Crippen molar-refractivity contribution in [1.82, 2.24) is 0 Å². The highest BCUT2D eigenvalue weighted by molar-refractivity contribution is 6.52. The van der Waals surface area contributed by atoms with Gasteiger partial charge in [0.05, 0.1) is 23.5 Å². The molecule has 0 fully saturated rings. The van der Waals surface area contributed by atoms with Gasteiger partial charge in [-0.25, -0.2) is 0 Å². The summed E-state index contributed by atoms with van der Waals surface area (Å²) in [5.41, 5.74) is 3.22. The van der Waals surface area contributed by atoms with Crippen LogP contribution in [0.1, 0.15) is 50.3 Å². The molecule has 0 aliphatic carbocycles. The highest BCUT2D eigenvalue weighted by Crippen LogP contribution is 2.34. The first-order valence-corrected chi connectivity index (χ1v) is 6.42. The van der Waals surface area contributed by atoms with Crippen LogP contribution >= 0.6 is 0 Å². The molecular formula is C14H19B4. The van der Waals surface area contributed by atoms with E-state index in [9.17, 15) is 0 Å². The lowest BCUT2D eigenvalue weighted by molar-refractivity contribution is 0.783. The van der Waals surface area contributed by atoms with Crippen LogP contribution in [-0.4, -0.2) is 30.8 Å². The molecule has 0 spiro atoms. The van der Waals surface area contributed by atoms with E-state index in [0.29, 0.717) is 5.92 Å². The monoisotopic (exact) mass is 231 g/mol. The largest absolute Gasteiger partial charge is 0.108 e. The molecule has 87 valence electrons. The van der Waals surface area contributed by atoms with Crippen LogP contribution in [0.2, 0.25) is 6.82 Å². The molecule has 0 aromatic heterocycles. The van der Waals surface area contributed by atoms with E-state index in [2.05, 4.69) is 19.9 Å². The zero-order chi connectivity index (χ0) is 14.1. The van der Waals surface area contributed by atoms with Gasteiger partial charge in [-0.2, -0.15) is 0 Å². The van der Waals surface area contributed by atoms with Crippen molar-refractivity contribution in [2.24, 2.45) is 0 Å². The van der Waals surface area contributed by atoms with Gasteiger partial charge in [-0.15, -0.1) is 0 Å². The Hall–Kier alpha value is -0.520. The maximum atomic E-state index is 6.35. The quantitative estimate of drug-likeness (QED) is 0.697. The molecule has 1 rings (SSSR count). The summed E-state index contributed by atoms with van der Waals surface area (Å²) in [4.78, 5) is 0. The van der Waals surface area contributed by atoms with Crippen LogP contribution in [0.25, 0.3) is 0 Å². The Balaban J connectivity index is 3.55. The van der Waals surface area contributed by atoms with Crippen molar-refractivity contribution in [3.8, 4) is 0 Å². The fourth-order valence-electron chi connectivity index (χ4n) is 2.28. The summed E-state index contributed by atoms with van der Waals surface area (Å²) in [5, 5.41) is -1.32. The molecule has 0 saturated heterocycles. The normalized spacial score (nSPS) is 15.4. The lowest BCUT2D eigenvalue weighted by atomic mass is 9.40. The Morgan fingerprint density at radius 2 is 1.56 bits per heavy atom. The van der Waals surface area contributed by atoms with Crippen LogP contribution in [0.4, 0.5) is 0 Å². The van der Waals surface area contributed by atoms with E-state index >= 15 is 0 Å². The van der Waals surface area contributed by atoms with E-state index in [4.69, 9.17) is 23.5 Å². The van der Waals surface area contributed by atoms with Gasteiger partial charge in [0.25, 0.3) is 0 Å². The molecule has 1 aromatic rings. The number of benzene rings is 1. The van der Waals surface area contributed by atoms with Crippen LogP contribution < -0.4 is 0 Å². The van der Waals surface area contributed by atoms with Gasteiger partial charge >= 0.3 is 0 Å². The van der Waals surface area contributed by atoms with Gasteiger partial charge in [0, 0.05) is 0 Å². The van der Waals surface area contributed by atoms with E-state index < -0.39 is 10.4 Å². The smallest absolute Gasteiger partial charge is 0.0919 e. The van der Waals surface area contributed by atoms with Crippen molar-refractivity contribution in [2.75, 3.05) is 0 Å².